The van der Waals surface area contributed by atoms with Crippen molar-refractivity contribution in [2.45, 2.75) is 32.2 Å². The van der Waals surface area contributed by atoms with Crippen LogP contribution in [0.2, 0.25) is 0 Å². The summed E-state index contributed by atoms with van der Waals surface area (Å²) in [5, 5.41) is 16.1. The van der Waals surface area contributed by atoms with Gasteiger partial charge in [0.05, 0.1) is 24.8 Å². The Balaban J connectivity index is 1.77. The molecule has 1 atom stereocenters. The molecule has 8 nitrogen and oxygen atoms in total. The number of nitrogens with one attached hydrogen (secondary N) is 3. The van der Waals surface area contributed by atoms with Crippen molar-refractivity contribution in [1.82, 2.24) is 20.5 Å². The molecular formula is C26H33FN4O4. The molecule has 4 N–H and O–H groups in total. The van der Waals surface area contributed by atoms with Crippen molar-refractivity contribution < 1.29 is 23.8 Å². The first kappa shape index (κ1) is 26.0. The zero-order valence-corrected chi connectivity index (χ0v) is 20.4. The topological polar surface area (TPSA) is 107 Å². The highest BCUT2D eigenvalue weighted by atomic mass is 19.1. The predicted molar refractivity (Wildman–Crippen MR) is 133 cm³/mol. The number of benzene rings is 2. The maximum absolute atomic E-state index is 13.7. The highest BCUT2D eigenvalue weighted by molar-refractivity contribution is 5.97. The summed E-state index contributed by atoms with van der Waals surface area (Å²) in [6.07, 6.45) is 3.43. The summed E-state index contributed by atoms with van der Waals surface area (Å²) in [6, 6.07) is 9.11. The smallest absolute Gasteiger partial charge is 0.316 e. The van der Waals surface area contributed by atoms with Gasteiger partial charge in [0, 0.05) is 37.7 Å². The molecule has 0 aliphatic heterocycles. The van der Waals surface area contributed by atoms with Gasteiger partial charge < -0.3 is 30.4 Å². The monoisotopic (exact) mass is 484 g/mol. The van der Waals surface area contributed by atoms with E-state index in [0.717, 1.165) is 23.1 Å². The van der Waals surface area contributed by atoms with Crippen LogP contribution in [0.5, 0.6) is 5.75 Å². The molecule has 0 saturated carbocycles. The van der Waals surface area contributed by atoms with Gasteiger partial charge in [-0.25, -0.2) is 9.18 Å². The molecule has 1 unspecified atom stereocenters. The molecule has 9 heteroatoms. The summed E-state index contributed by atoms with van der Waals surface area (Å²) < 4.78 is 19.5. The fourth-order valence-corrected chi connectivity index (χ4v) is 3.85. The minimum absolute atomic E-state index is 0.186. The lowest BCUT2D eigenvalue weighted by Crippen LogP contribution is -2.39. The third-order valence-corrected chi connectivity index (χ3v) is 5.80. The van der Waals surface area contributed by atoms with Crippen LogP contribution in [0.1, 0.15) is 34.8 Å². The van der Waals surface area contributed by atoms with Crippen molar-refractivity contribution in [2.24, 2.45) is 0 Å². The van der Waals surface area contributed by atoms with Crippen molar-refractivity contribution in [3.63, 3.8) is 0 Å². The van der Waals surface area contributed by atoms with E-state index in [-0.39, 0.29) is 24.4 Å². The van der Waals surface area contributed by atoms with E-state index in [1.54, 1.807) is 43.4 Å². The van der Waals surface area contributed by atoms with E-state index in [4.69, 9.17) is 4.74 Å². The molecule has 0 aliphatic carbocycles. The minimum atomic E-state index is -0.577. The lowest BCUT2D eigenvalue weighted by molar-refractivity contribution is 0.0912. The number of aromatic amines is 1. The van der Waals surface area contributed by atoms with Crippen molar-refractivity contribution in [3.05, 3.63) is 65.1 Å². The number of aliphatic hydroxyl groups excluding tert-OH is 1. The van der Waals surface area contributed by atoms with Crippen LogP contribution in [0.3, 0.4) is 0 Å². The summed E-state index contributed by atoms with van der Waals surface area (Å²) in [5.41, 5.74) is 2.82. The first-order valence-corrected chi connectivity index (χ1v) is 11.7. The van der Waals surface area contributed by atoms with Crippen LogP contribution in [0.4, 0.5) is 9.18 Å². The highest BCUT2D eigenvalue weighted by Gasteiger charge is 2.20. The minimum Gasteiger partial charge on any atom is -0.493 e. The number of carbonyl (C=O) groups excluding carboxylic acids is 2. The Morgan fingerprint density at radius 1 is 1.23 bits per heavy atom. The molecule has 0 fully saturated rings. The van der Waals surface area contributed by atoms with Crippen LogP contribution >= 0.6 is 0 Å². The summed E-state index contributed by atoms with van der Waals surface area (Å²) in [6.45, 7) is 2.64. The second-order valence-corrected chi connectivity index (χ2v) is 8.47. The number of hydrogen-bond donors (Lipinski definition) is 4. The van der Waals surface area contributed by atoms with E-state index in [1.807, 2.05) is 13.0 Å². The first-order chi connectivity index (χ1) is 16.9. The molecule has 3 rings (SSSR count). The zero-order valence-electron chi connectivity index (χ0n) is 20.4. The molecule has 0 aliphatic rings. The van der Waals surface area contributed by atoms with Gasteiger partial charge in [0.1, 0.15) is 11.6 Å². The van der Waals surface area contributed by atoms with E-state index < -0.39 is 6.04 Å². The van der Waals surface area contributed by atoms with Gasteiger partial charge in [-0.1, -0.05) is 13.0 Å². The van der Waals surface area contributed by atoms with Gasteiger partial charge in [-0.15, -0.1) is 0 Å². The zero-order chi connectivity index (χ0) is 25.4. The molecule has 35 heavy (non-hydrogen) atoms. The van der Waals surface area contributed by atoms with Crippen LogP contribution < -0.4 is 15.4 Å². The van der Waals surface area contributed by atoms with Crippen molar-refractivity contribution in [3.8, 4) is 5.75 Å². The molecule has 188 valence electrons. The number of carbonyl (C=O) groups is 2. The van der Waals surface area contributed by atoms with E-state index in [2.05, 4.69) is 15.6 Å². The SMILES string of the molecule is CCCOc1ccc(CCN(C)C(=O)NC)cc1C(=O)NC(CO)Cc1c[nH]c2ccc(F)cc12. The quantitative estimate of drug-likeness (QED) is 0.335. The Labute approximate surface area is 204 Å². The summed E-state index contributed by atoms with van der Waals surface area (Å²) in [4.78, 5) is 29.6. The molecule has 0 spiro atoms. The van der Waals surface area contributed by atoms with Crippen LogP contribution in [0.25, 0.3) is 10.9 Å². The summed E-state index contributed by atoms with van der Waals surface area (Å²) in [5.74, 6) is -0.263. The maximum Gasteiger partial charge on any atom is 0.316 e. The summed E-state index contributed by atoms with van der Waals surface area (Å²) >= 11 is 0. The number of hydrogen-bond acceptors (Lipinski definition) is 4. The van der Waals surface area contributed by atoms with Crippen LogP contribution in [-0.4, -0.2) is 66.8 Å². The molecule has 2 aromatic carbocycles. The van der Waals surface area contributed by atoms with Gasteiger partial charge in [0.2, 0.25) is 0 Å². The van der Waals surface area contributed by atoms with Crippen molar-refractivity contribution in [2.75, 3.05) is 33.9 Å². The van der Waals surface area contributed by atoms with Crippen LogP contribution in [-0.2, 0) is 12.8 Å². The lowest BCUT2D eigenvalue weighted by atomic mass is 10.0. The van der Waals surface area contributed by atoms with E-state index in [0.29, 0.717) is 42.7 Å². The summed E-state index contributed by atoms with van der Waals surface area (Å²) in [7, 11) is 3.28. The number of urea groups is 1. The van der Waals surface area contributed by atoms with Gasteiger partial charge >= 0.3 is 6.03 Å². The Bertz CT molecular complexity index is 1160. The Morgan fingerprint density at radius 2 is 2.03 bits per heavy atom. The Morgan fingerprint density at radius 3 is 2.74 bits per heavy atom. The number of halogens is 1. The second kappa shape index (κ2) is 12.2. The van der Waals surface area contributed by atoms with E-state index in [9.17, 15) is 19.1 Å². The number of aromatic nitrogens is 1. The van der Waals surface area contributed by atoms with Crippen LogP contribution in [0, 0.1) is 5.82 Å². The number of H-pyrrole nitrogens is 1. The van der Waals surface area contributed by atoms with Gasteiger partial charge in [0.25, 0.3) is 5.91 Å². The maximum atomic E-state index is 13.7. The molecular weight excluding hydrogens is 451 g/mol. The van der Waals surface area contributed by atoms with Gasteiger partial charge in [-0.3, -0.25) is 4.79 Å². The average molecular weight is 485 g/mol. The fraction of sp³-hybridized carbons (Fsp3) is 0.385. The van der Waals surface area contributed by atoms with Gasteiger partial charge in [-0.2, -0.15) is 0 Å². The molecule has 1 heterocycles. The van der Waals surface area contributed by atoms with Gasteiger partial charge in [0.15, 0.2) is 0 Å². The number of fused-ring (bicyclic) bond motifs is 1. The molecule has 3 amide bonds. The van der Waals surface area contributed by atoms with E-state index >= 15 is 0 Å². The van der Waals surface area contributed by atoms with Crippen LogP contribution in [0.15, 0.2) is 42.6 Å². The molecule has 0 saturated heterocycles. The number of amides is 3. The first-order valence-electron chi connectivity index (χ1n) is 11.7. The average Bonchev–Trinajstić information content (AvgIpc) is 3.26. The van der Waals surface area contributed by atoms with E-state index in [1.165, 1.54) is 12.1 Å². The third-order valence-electron chi connectivity index (χ3n) is 5.80. The molecule has 3 aromatic rings. The number of likely N-dealkylation sites (N-methyl/N-ethyl adjacent to an activating group) is 1. The normalized spacial score (nSPS) is 11.8. The lowest BCUT2D eigenvalue weighted by Gasteiger charge is -2.19. The largest absolute Gasteiger partial charge is 0.493 e. The Kier molecular flexibility index (Phi) is 9.08. The standard InChI is InChI=1S/C26H33FN4O4/c1-4-11-35-24-8-5-17(9-10-31(3)26(34)28-2)12-22(24)25(33)30-20(16-32)13-18-15-29-23-7-6-19(27)14-21(18)23/h5-8,12,14-15,20,29,32H,4,9-11,13,16H2,1-3H3,(H,28,34)(H,30,33). The fourth-order valence-electron chi connectivity index (χ4n) is 3.85. The Hall–Kier alpha value is -3.59. The number of rotatable bonds is 11. The second-order valence-electron chi connectivity index (χ2n) is 8.47. The molecule has 0 bridgehead atoms. The predicted octanol–water partition coefficient (Wildman–Crippen LogP) is 3.24. The number of ether oxygens (including phenoxy) is 1. The number of aliphatic hydroxyl groups is 1. The highest BCUT2D eigenvalue weighted by Crippen LogP contribution is 2.23. The third kappa shape index (κ3) is 6.73. The molecule has 1 aromatic heterocycles. The van der Waals surface area contributed by atoms with Crippen molar-refractivity contribution in [1.29, 1.82) is 0 Å². The molecule has 0 radical (unpaired) electrons. The number of nitrogens with zero attached hydrogens (tertiary/aromatic N) is 1. The van der Waals surface area contributed by atoms with Gasteiger partial charge in [-0.05, 0) is 60.7 Å². The van der Waals surface area contributed by atoms with Crippen molar-refractivity contribution >= 4 is 22.8 Å².